The fraction of sp³-hybridized carbons (Fsp3) is 0.556. The van der Waals surface area contributed by atoms with E-state index >= 15 is 4.39 Å². The molecule has 3 atom stereocenters. The van der Waals surface area contributed by atoms with Crippen molar-refractivity contribution in [3.63, 3.8) is 0 Å². The van der Waals surface area contributed by atoms with Crippen LogP contribution in [-0.4, -0.2) is 47.6 Å². The number of amides is 1. The first-order valence-corrected chi connectivity index (χ1v) is 15.3. The van der Waals surface area contributed by atoms with Crippen molar-refractivity contribution in [3.05, 3.63) is 57.5 Å². The highest BCUT2D eigenvalue weighted by molar-refractivity contribution is 7.91. The summed E-state index contributed by atoms with van der Waals surface area (Å²) in [5.41, 5.74) is 0.375. The van der Waals surface area contributed by atoms with Gasteiger partial charge >= 0.3 is 6.18 Å². The number of pyridine rings is 1. The van der Waals surface area contributed by atoms with Gasteiger partial charge in [-0.15, -0.1) is 0 Å². The average molecular weight is 602 g/mol. The first-order chi connectivity index (χ1) is 18.9. The molecule has 2 saturated carbocycles. The van der Waals surface area contributed by atoms with E-state index in [4.69, 9.17) is 16.3 Å². The van der Waals surface area contributed by atoms with Gasteiger partial charge in [-0.05, 0) is 80.5 Å². The van der Waals surface area contributed by atoms with Gasteiger partial charge in [-0.2, -0.15) is 13.2 Å². The number of halogens is 5. The van der Waals surface area contributed by atoms with Crippen LogP contribution in [0.4, 0.5) is 17.6 Å². The summed E-state index contributed by atoms with van der Waals surface area (Å²) in [4.78, 5) is 18.9. The molecule has 0 radical (unpaired) electrons. The molecular weight excluding hydrogens is 574 g/mol. The molecule has 1 aromatic heterocycles. The molecule has 4 fully saturated rings. The van der Waals surface area contributed by atoms with E-state index in [0.29, 0.717) is 32.2 Å². The quantitative estimate of drug-likeness (QED) is 0.398. The summed E-state index contributed by atoms with van der Waals surface area (Å²) in [6.07, 6.45) is 1.76. The summed E-state index contributed by atoms with van der Waals surface area (Å²) in [5.74, 6) is -1.63. The lowest BCUT2D eigenvalue weighted by atomic mass is 9.95. The summed E-state index contributed by atoms with van der Waals surface area (Å²) in [6, 6.07) is 3.88. The molecule has 40 heavy (non-hydrogen) atoms. The zero-order valence-corrected chi connectivity index (χ0v) is 23.0. The monoisotopic (exact) mass is 601 g/mol. The Bertz CT molecular complexity index is 1430. The minimum atomic E-state index is -4.61. The Morgan fingerprint density at radius 2 is 1.75 bits per heavy atom. The zero-order valence-electron chi connectivity index (χ0n) is 21.4. The molecule has 0 unspecified atom stereocenters. The van der Waals surface area contributed by atoms with Crippen LogP contribution in [0.2, 0.25) is 5.02 Å². The van der Waals surface area contributed by atoms with E-state index in [9.17, 15) is 26.4 Å². The molecule has 7 nitrogen and oxygen atoms in total. The molecule has 4 aliphatic rings. The Morgan fingerprint density at radius 1 is 1.07 bits per heavy atom. The van der Waals surface area contributed by atoms with Crippen LogP contribution in [0.3, 0.4) is 0 Å². The highest BCUT2D eigenvalue weighted by Gasteiger charge is 2.43. The first-order valence-electron chi connectivity index (χ1n) is 13.4. The minimum Gasteiger partial charge on any atom is -0.474 e. The fourth-order valence-corrected chi connectivity index (χ4v) is 7.51. The van der Waals surface area contributed by atoms with E-state index in [1.165, 1.54) is 12.1 Å². The number of carbonyl (C=O) groups excluding carboxylic acids is 1. The third-order valence-electron chi connectivity index (χ3n) is 8.31. The molecule has 1 N–H and O–H groups in total. The molecule has 1 amide bonds. The van der Waals surface area contributed by atoms with Crippen LogP contribution in [0, 0.1) is 5.82 Å². The van der Waals surface area contributed by atoms with Crippen molar-refractivity contribution in [2.45, 2.75) is 93.4 Å². The van der Waals surface area contributed by atoms with E-state index < -0.39 is 43.8 Å². The number of aromatic nitrogens is 1. The van der Waals surface area contributed by atoms with Gasteiger partial charge in [0.05, 0.1) is 27.6 Å². The largest absolute Gasteiger partial charge is 0.474 e. The van der Waals surface area contributed by atoms with Crippen molar-refractivity contribution < 1.29 is 35.5 Å². The lowest BCUT2D eigenvalue weighted by Crippen LogP contribution is -2.46. The minimum absolute atomic E-state index is 0.0971. The topological polar surface area (TPSA) is 88.6 Å². The molecule has 13 heteroatoms. The van der Waals surface area contributed by atoms with Crippen molar-refractivity contribution in [2.75, 3.05) is 0 Å². The number of sulfonamides is 1. The number of hydrogen-bond acceptors (Lipinski definition) is 6. The van der Waals surface area contributed by atoms with Gasteiger partial charge in [0.1, 0.15) is 11.9 Å². The van der Waals surface area contributed by atoms with Crippen LogP contribution in [0.15, 0.2) is 24.4 Å². The van der Waals surface area contributed by atoms with Crippen LogP contribution < -0.4 is 9.46 Å². The standard InChI is InChI=1S/C27H28ClF4N3O4S/c28-23-12-33-25(11-22(23)27(30,31)32)39-18-8-16-3-4-17(9-18)35(16)13-15-7-24(29)21(10-20(15)14-1-2-14)26(36)34-40(37,38)19-5-6-19/h7,10-12,14,16-19H,1-6,8-9,13H2,(H,34,36)/t16-,17+,18-. The van der Waals surface area contributed by atoms with Crippen molar-refractivity contribution >= 4 is 27.5 Å². The van der Waals surface area contributed by atoms with E-state index in [1.807, 2.05) is 4.72 Å². The molecule has 2 aliphatic carbocycles. The van der Waals surface area contributed by atoms with Gasteiger partial charge in [0, 0.05) is 24.7 Å². The second kappa shape index (κ2) is 10.1. The van der Waals surface area contributed by atoms with Crippen LogP contribution in [0.25, 0.3) is 0 Å². The Hall–Kier alpha value is -2.44. The molecule has 2 aromatic rings. The smallest absolute Gasteiger partial charge is 0.418 e. The highest BCUT2D eigenvalue weighted by atomic mass is 35.5. The normalized spacial score (nSPS) is 25.2. The van der Waals surface area contributed by atoms with Crippen molar-refractivity contribution in [3.8, 4) is 5.88 Å². The summed E-state index contributed by atoms with van der Waals surface area (Å²) in [6.45, 7) is 0.463. The second-order valence-electron chi connectivity index (χ2n) is 11.2. The van der Waals surface area contributed by atoms with Gasteiger partial charge in [0.15, 0.2) is 0 Å². The van der Waals surface area contributed by atoms with Crippen LogP contribution >= 0.6 is 11.6 Å². The molecule has 216 valence electrons. The Balaban J connectivity index is 1.16. The molecular formula is C27H28ClF4N3O4S. The predicted molar refractivity (Wildman–Crippen MR) is 138 cm³/mol. The molecule has 0 spiro atoms. The summed E-state index contributed by atoms with van der Waals surface area (Å²) < 4.78 is 87.2. The van der Waals surface area contributed by atoms with E-state index in [0.717, 1.165) is 49.1 Å². The Labute approximate surface area is 234 Å². The number of rotatable bonds is 8. The van der Waals surface area contributed by atoms with Gasteiger partial charge in [-0.1, -0.05) is 11.6 Å². The number of carbonyl (C=O) groups is 1. The maximum absolute atomic E-state index is 15.2. The zero-order chi connectivity index (χ0) is 28.4. The number of nitrogens with one attached hydrogen (secondary N) is 1. The number of ether oxygens (including phenoxy) is 1. The number of hydrogen-bond donors (Lipinski definition) is 1. The molecule has 2 bridgehead atoms. The van der Waals surface area contributed by atoms with E-state index in [2.05, 4.69) is 9.88 Å². The first kappa shape index (κ1) is 27.7. The molecule has 2 saturated heterocycles. The number of piperidine rings is 1. The van der Waals surface area contributed by atoms with Gasteiger partial charge in [-0.25, -0.2) is 22.5 Å². The number of alkyl halides is 3. The Morgan fingerprint density at radius 3 is 2.35 bits per heavy atom. The molecule has 1 aromatic carbocycles. The average Bonchev–Trinajstić information content (AvgIpc) is 3.77. The molecule has 2 aliphatic heterocycles. The summed E-state index contributed by atoms with van der Waals surface area (Å²) in [7, 11) is -3.80. The summed E-state index contributed by atoms with van der Waals surface area (Å²) >= 11 is 5.68. The van der Waals surface area contributed by atoms with Gasteiger partial charge in [-0.3, -0.25) is 9.69 Å². The van der Waals surface area contributed by atoms with Crippen molar-refractivity contribution in [1.29, 1.82) is 0 Å². The second-order valence-corrected chi connectivity index (χ2v) is 13.6. The van der Waals surface area contributed by atoms with Crippen LogP contribution in [0.1, 0.15) is 84.3 Å². The van der Waals surface area contributed by atoms with Crippen molar-refractivity contribution in [1.82, 2.24) is 14.6 Å². The van der Waals surface area contributed by atoms with Gasteiger partial charge in [0.2, 0.25) is 15.9 Å². The lowest BCUT2D eigenvalue weighted by molar-refractivity contribution is -0.137. The van der Waals surface area contributed by atoms with Gasteiger partial charge < -0.3 is 4.74 Å². The maximum Gasteiger partial charge on any atom is 0.418 e. The van der Waals surface area contributed by atoms with Crippen LogP contribution in [-0.2, 0) is 22.7 Å². The van der Waals surface area contributed by atoms with Crippen LogP contribution in [0.5, 0.6) is 5.88 Å². The fourth-order valence-electron chi connectivity index (χ4n) is 6.01. The maximum atomic E-state index is 15.2. The molecule has 3 heterocycles. The number of benzene rings is 1. The highest BCUT2D eigenvalue weighted by Crippen LogP contribution is 2.45. The van der Waals surface area contributed by atoms with Gasteiger partial charge in [0.25, 0.3) is 5.91 Å². The number of nitrogens with zero attached hydrogens (tertiary/aromatic N) is 2. The van der Waals surface area contributed by atoms with E-state index in [-0.39, 0.29) is 35.5 Å². The van der Waals surface area contributed by atoms with Crippen molar-refractivity contribution in [2.24, 2.45) is 0 Å². The third-order valence-corrected chi connectivity index (χ3v) is 10.4. The lowest BCUT2D eigenvalue weighted by Gasteiger charge is -2.39. The predicted octanol–water partition coefficient (Wildman–Crippen LogP) is 5.57. The molecule has 6 rings (SSSR count). The number of fused-ring (bicyclic) bond motifs is 2. The van der Waals surface area contributed by atoms with E-state index in [1.54, 1.807) is 0 Å². The summed E-state index contributed by atoms with van der Waals surface area (Å²) in [5, 5.41) is -1.08. The SMILES string of the molecule is O=C(NS(=O)(=O)C1CC1)c1cc(C2CC2)c(CN2[C@@H]3CC[C@H]2C[C@H](Oc2cc(C(F)(F)F)c(Cl)cn2)C3)cc1F. The Kier molecular flexibility index (Phi) is 7.02. The third kappa shape index (κ3) is 5.67.